The Hall–Kier alpha value is -1.74. The summed E-state index contributed by atoms with van der Waals surface area (Å²) >= 11 is 0. The molecular weight excluding hydrogens is 289 g/mol. The van der Waals surface area contributed by atoms with Crippen molar-refractivity contribution in [2.75, 3.05) is 17.0 Å². The van der Waals surface area contributed by atoms with Crippen molar-refractivity contribution in [1.82, 2.24) is 5.32 Å². The Bertz CT molecular complexity index is 614. The van der Waals surface area contributed by atoms with Gasteiger partial charge >= 0.3 is 0 Å². The molecule has 7 nitrogen and oxygen atoms in total. The number of nitro groups is 1. The Kier molecular flexibility index (Phi) is 4.19. The summed E-state index contributed by atoms with van der Waals surface area (Å²) in [4.78, 5) is 9.82. The molecule has 1 aromatic carbocycles. The molecule has 1 unspecified atom stereocenters. The number of nitrogens with one attached hydrogen (secondary N) is 2. The highest BCUT2D eigenvalue weighted by Gasteiger charge is 2.22. The minimum absolute atomic E-state index is 0.142. The smallest absolute Gasteiger partial charge is 0.274 e. The maximum absolute atomic E-state index is 13.2. The van der Waals surface area contributed by atoms with E-state index in [9.17, 15) is 22.9 Å². The summed E-state index contributed by atoms with van der Waals surface area (Å²) in [7, 11) is -3.68. The second-order valence-corrected chi connectivity index (χ2v) is 6.40. The van der Waals surface area contributed by atoms with Crippen molar-refractivity contribution in [3.63, 3.8) is 0 Å². The number of sulfonamides is 1. The monoisotopic (exact) mass is 303 g/mol. The molecule has 110 valence electrons. The van der Waals surface area contributed by atoms with Crippen LogP contribution in [0, 0.1) is 15.9 Å². The number of non-ortho nitro benzene ring substituents is 1. The van der Waals surface area contributed by atoms with Crippen LogP contribution >= 0.6 is 0 Å². The Labute approximate surface area is 115 Å². The summed E-state index contributed by atoms with van der Waals surface area (Å²) in [5.41, 5.74) is -0.642. The minimum atomic E-state index is -3.68. The average molecular weight is 303 g/mol. The molecule has 20 heavy (non-hydrogen) atoms. The normalized spacial score (nSPS) is 18.9. The number of halogens is 1. The number of anilines is 1. The third-order valence-electron chi connectivity index (χ3n) is 2.95. The van der Waals surface area contributed by atoms with Gasteiger partial charge in [-0.3, -0.25) is 14.8 Å². The first-order valence-electron chi connectivity index (χ1n) is 6.04. The van der Waals surface area contributed by atoms with Gasteiger partial charge < -0.3 is 5.32 Å². The van der Waals surface area contributed by atoms with Crippen molar-refractivity contribution in [1.29, 1.82) is 0 Å². The number of benzene rings is 1. The first-order valence-corrected chi connectivity index (χ1v) is 7.70. The molecule has 2 N–H and O–H groups in total. The van der Waals surface area contributed by atoms with Crippen LogP contribution in [0.1, 0.15) is 12.8 Å². The fourth-order valence-corrected chi connectivity index (χ4v) is 3.50. The van der Waals surface area contributed by atoms with Gasteiger partial charge in [-0.2, -0.15) is 0 Å². The summed E-state index contributed by atoms with van der Waals surface area (Å²) in [6.07, 6.45) is 1.66. The molecule has 1 fully saturated rings. The summed E-state index contributed by atoms with van der Waals surface area (Å²) in [5, 5.41) is 13.6. The van der Waals surface area contributed by atoms with Gasteiger partial charge in [-0.15, -0.1) is 0 Å². The van der Waals surface area contributed by atoms with Gasteiger partial charge in [0.2, 0.25) is 10.0 Å². The van der Waals surface area contributed by atoms with Gasteiger partial charge in [0.25, 0.3) is 5.69 Å². The van der Waals surface area contributed by atoms with E-state index in [4.69, 9.17) is 0 Å². The summed E-state index contributed by atoms with van der Waals surface area (Å²) in [5.74, 6) is -1.01. The standard InChI is InChI=1S/C11H14FN3O4S/c12-8-4-10(6-11(5-8)15(16)17)14-20(18,19)7-9-2-1-3-13-9/h4-6,9,13-14H,1-3,7H2. The molecule has 2 rings (SSSR count). The summed E-state index contributed by atoms with van der Waals surface area (Å²) < 4.78 is 39.2. The van der Waals surface area contributed by atoms with Crippen LogP contribution in [0.4, 0.5) is 15.8 Å². The average Bonchev–Trinajstić information content (AvgIpc) is 2.79. The SMILES string of the molecule is O=[N+]([O-])c1cc(F)cc(NS(=O)(=O)CC2CCCN2)c1. The molecule has 1 aromatic rings. The van der Waals surface area contributed by atoms with Crippen molar-refractivity contribution in [2.24, 2.45) is 0 Å². The highest BCUT2D eigenvalue weighted by atomic mass is 32.2. The zero-order valence-corrected chi connectivity index (χ0v) is 11.3. The van der Waals surface area contributed by atoms with Gasteiger partial charge in [-0.25, -0.2) is 12.8 Å². The Morgan fingerprint density at radius 2 is 2.20 bits per heavy atom. The van der Waals surface area contributed by atoms with Gasteiger partial charge in [0, 0.05) is 12.1 Å². The molecule has 0 aromatic heterocycles. The first kappa shape index (κ1) is 14.7. The highest BCUT2D eigenvalue weighted by molar-refractivity contribution is 7.92. The number of rotatable bonds is 5. The molecule has 0 amide bonds. The number of nitrogens with zero attached hydrogens (tertiary/aromatic N) is 1. The number of hydrogen-bond acceptors (Lipinski definition) is 5. The van der Waals surface area contributed by atoms with Crippen molar-refractivity contribution in [3.8, 4) is 0 Å². The lowest BCUT2D eigenvalue weighted by Crippen LogP contribution is -2.32. The van der Waals surface area contributed by atoms with Crippen LogP contribution in [0.15, 0.2) is 18.2 Å². The van der Waals surface area contributed by atoms with Crippen LogP contribution < -0.4 is 10.0 Å². The van der Waals surface area contributed by atoms with E-state index in [1.807, 2.05) is 0 Å². The van der Waals surface area contributed by atoms with E-state index in [1.54, 1.807) is 0 Å². The predicted molar refractivity (Wildman–Crippen MR) is 71.5 cm³/mol. The fourth-order valence-electron chi connectivity index (χ4n) is 2.12. The van der Waals surface area contributed by atoms with E-state index >= 15 is 0 Å². The minimum Gasteiger partial charge on any atom is -0.313 e. The molecule has 0 radical (unpaired) electrons. The van der Waals surface area contributed by atoms with Crippen LogP contribution in [-0.2, 0) is 10.0 Å². The molecular formula is C11H14FN3O4S. The Balaban J connectivity index is 2.13. The van der Waals surface area contributed by atoms with Crippen molar-refractivity contribution in [3.05, 3.63) is 34.1 Å². The second kappa shape index (κ2) is 5.71. The molecule has 1 atom stereocenters. The van der Waals surface area contributed by atoms with Crippen LogP contribution in [-0.4, -0.2) is 31.7 Å². The van der Waals surface area contributed by atoms with E-state index in [0.717, 1.165) is 37.6 Å². The zero-order chi connectivity index (χ0) is 14.8. The second-order valence-electron chi connectivity index (χ2n) is 4.63. The van der Waals surface area contributed by atoms with Crippen molar-refractivity contribution >= 4 is 21.4 Å². The predicted octanol–water partition coefficient (Wildman–Crippen LogP) is 1.23. The Morgan fingerprint density at radius 3 is 2.80 bits per heavy atom. The maximum Gasteiger partial charge on any atom is 0.274 e. The van der Waals surface area contributed by atoms with Crippen LogP contribution in [0.3, 0.4) is 0 Å². The fraction of sp³-hybridized carbons (Fsp3) is 0.455. The number of hydrogen-bond donors (Lipinski definition) is 2. The van der Waals surface area contributed by atoms with Gasteiger partial charge in [-0.05, 0) is 25.5 Å². The molecule has 1 saturated heterocycles. The largest absolute Gasteiger partial charge is 0.313 e. The van der Waals surface area contributed by atoms with Crippen LogP contribution in [0.2, 0.25) is 0 Å². The lowest BCUT2D eigenvalue weighted by molar-refractivity contribution is -0.385. The topological polar surface area (TPSA) is 101 Å². The van der Waals surface area contributed by atoms with Crippen molar-refractivity contribution in [2.45, 2.75) is 18.9 Å². The van der Waals surface area contributed by atoms with E-state index in [0.29, 0.717) is 0 Å². The molecule has 9 heteroatoms. The van der Waals surface area contributed by atoms with E-state index in [1.165, 1.54) is 0 Å². The molecule has 0 saturated carbocycles. The quantitative estimate of drug-likeness (QED) is 0.629. The molecule has 0 aliphatic carbocycles. The van der Waals surface area contributed by atoms with Gasteiger partial charge in [0.05, 0.1) is 22.4 Å². The van der Waals surface area contributed by atoms with E-state index < -0.39 is 26.5 Å². The Morgan fingerprint density at radius 1 is 1.45 bits per heavy atom. The molecule has 1 aliphatic rings. The lowest BCUT2D eigenvalue weighted by Gasteiger charge is -2.12. The number of nitro benzene ring substituents is 1. The summed E-state index contributed by atoms with van der Waals surface area (Å²) in [6, 6.07) is 2.49. The highest BCUT2D eigenvalue weighted by Crippen LogP contribution is 2.21. The molecule has 0 bridgehead atoms. The molecule has 0 spiro atoms. The molecule has 1 heterocycles. The van der Waals surface area contributed by atoms with Gasteiger partial charge in [0.15, 0.2) is 0 Å². The van der Waals surface area contributed by atoms with Crippen LogP contribution in [0.25, 0.3) is 0 Å². The first-order chi connectivity index (χ1) is 9.35. The van der Waals surface area contributed by atoms with Crippen molar-refractivity contribution < 1.29 is 17.7 Å². The zero-order valence-electron chi connectivity index (χ0n) is 10.5. The van der Waals surface area contributed by atoms with Gasteiger partial charge in [-0.1, -0.05) is 0 Å². The lowest BCUT2D eigenvalue weighted by atomic mass is 10.3. The maximum atomic E-state index is 13.2. The van der Waals surface area contributed by atoms with E-state index in [2.05, 4.69) is 10.0 Å². The van der Waals surface area contributed by atoms with Gasteiger partial charge in [0.1, 0.15) is 5.82 Å². The van der Waals surface area contributed by atoms with Crippen LogP contribution in [0.5, 0.6) is 0 Å². The summed E-state index contributed by atoms with van der Waals surface area (Å²) in [6.45, 7) is 0.769. The molecule has 1 aliphatic heterocycles. The van der Waals surface area contributed by atoms with E-state index in [-0.39, 0.29) is 17.5 Å². The third kappa shape index (κ3) is 3.87. The third-order valence-corrected chi connectivity index (χ3v) is 4.34.